The van der Waals surface area contributed by atoms with E-state index in [1.165, 1.54) is 17.7 Å². The minimum absolute atomic E-state index is 0.308. The fourth-order valence-corrected chi connectivity index (χ4v) is 2.82. The number of rotatable bonds is 8. The van der Waals surface area contributed by atoms with Crippen molar-refractivity contribution in [3.05, 3.63) is 23.8 Å². The number of hydrogen-bond acceptors (Lipinski definition) is 4. The predicted octanol–water partition coefficient (Wildman–Crippen LogP) is 3.11. The fraction of sp³-hybridized carbons (Fsp3) is 0.571. The first-order chi connectivity index (χ1) is 8.76. The molecule has 1 rings (SSSR count). The zero-order valence-electron chi connectivity index (χ0n) is 11.7. The normalized spacial score (nSPS) is 12.2. The van der Waals surface area contributed by atoms with Crippen molar-refractivity contribution < 1.29 is 9.47 Å². The lowest BCUT2D eigenvalue weighted by molar-refractivity contribution is 0.387. The summed E-state index contributed by atoms with van der Waals surface area (Å²) in [6.07, 6.45) is 1.21. The van der Waals surface area contributed by atoms with E-state index in [4.69, 9.17) is 9.47 Å². The molecule has 0 bridgehead atoms. The lowest BCUT2D eigenvalue weighted by Crippen LogP contribution is -2.19. The number of nitrogens with one attached hydrogen (secondary N) is 1. The summed E-state index contributed by atoms with van der Waals surface area (Å²) < 4.78 is 10.7. The molecule has 18 heavy (non-hydrogen) atoms. The third-order valence-corrected chi connectivity index (χ3v) is 4.06. The summed E-state index contributed by atoms with van der Waals surface area (Å²) in [5.41, 5.74) is 1.18. The van der Waals surface area contributed by atoms with Gasteiger partial charge in [-0.2, -0.15) is 11.8 Å². The van der Waals surface area contributed by atoms with E-state index in [-0.39, 0.29) is 0 Å². The van der Waals surface area contributed by atoms with Crippen molar-refractivity contribution in [3.63, 3.8) is 0 Å². The van der Waals surface area contributed by atoms with Crippen LogP contribution in [0.15, 0.2) is 18.2 Å². The van der Waals surface area contributed by atoms with Gasteiger partial charge < -0.3 is 14.8 Å². The highest BCUT2D eigenvalue weighted by atomic mass is 32.2. The van der Waals surface area contributed by atoms with E-state index < -0.39 is 0 Å². The molecule has 1 aromatic carbocycles. The Morgan fingerprint density at radius 1 is 1.28 bits per heavy atom. The maximum absolute atomic E-state index is 5.45. The van der Waals surface area contributed by atoms with Crippen molar-refractivity contribution in [1.29, 1.82) is 0 Å². The number of methoxy groups -OCH3 is 2. The summed E-state index contributed by atoms with van der Waals surface area (Å²) >= 11 is 1.96. The molecule has 0 aromatic heterocycles. The summed E-state index contributed by atoms with van der Waals surface area (Å²) in [6.45, 7) is 2.20. The lowest BCUT2D eigenvalue weighted by Gasteiger charge is -2.19. The topological polar surface area (TPSA) is 30.5 Å². The van der Waals surface area contributed by atoms with Gasteiger partial charge in [0, 0.05) is 23.4 Å². The van der Waals surface area contributed by atoms with Gasteiger partial charge in [0.05, 0.1) is 14.2 Å². The second kappa shape index (κ2) is 8.27. The van der Waals surface area contributed by atoms with Gasteiger partial charge in [0.1, 0.15) is 11.5 Å². The van der Waals surface area contributed by atoms with Crippen molar-refractivity contribution in [2.45, 2.75) is 19.4 Å². The fourth-order valence-electron chi connectivity index (χ4n) is 1.78. The number of thioether (sulfide) groups is 1. The summed E-state index contributed by atoms with van der Waals surface area (Å²) in [6, 6.07) is 6.30. The van der Waals surface area contributed by atoms with E-state index in [2.05, 4.69) is 18.3 Å². The third kappa shape index (κ3) is 4.10. The van der Waals surface area contributed by atoms with E-state index >= 15 is 0 Å². The molecule has 0 radical (unpaired) electrons. The summed E-state index contributed by atoms with van der Waals surface area (Å²) in [7, 11) is 5.35. The molecule has 0 aliphatic rings. The van der Waals surface area contributed by atoms with E-state index in [0.717, 1.165) is 17.3 Å². The highest BCUT2D eigenvalue weighted by molar-refractivity contribution is 7.99. The van der Waals surface area contributed by atoms with Crippen LogP contribution in [0.2, 0.25) is 0 Å². The number of ether oxygens (including phenoxy) is 2. The average Bonchev–Trinajstić information content (AvgIpc) is 2.43. The first kappa shape index (κ1) is 15.2. The van der Waals surface area contributed by atoms with E-state index in [1.807, 2.05) is 30.9 Å². The molecule has 0 amide bonds. The van der Waals surface area contributed by atoms with Gasteiger partial charge in [-0.05, 0) is 25.3 Å². The standard InChI is InChI=1S/C14H23NO2S/c1-5-8-18-10-13(15-2)12-7-6-11(16-3)9-14(12)17-4/h6-7,9,13,15H,5,8,10H2,1-4H3. The van der Waals surface area contributed by atoms with Crippen LogP contribution in [0.4, 0.5) is 0 Å². The molecule has 1 unspecified atom stereocenters. The van der Waals surface area contributed by atoms with Crippen molar-refractivity contribution in [1.82, 2.24) is 5.32 Å². The van der Waals surface area contributed by atoms with Crippen LogP contribution >= 0.6 is 11.8 Å². The van der Waals surface area contributed by atoms with Crippen LogP contribution in [0.5, 0.6) is 11.5 Å². The van der Waals surface area contributed by atoms with Crippen molar-refractivity contribution in [2.24, 2.45) is 0 Å². The first-order valence-electron chi connectivity index (χ1n) is 6.23. The SMILES string of the molecule is CCCSCC(NC)c1ccc(OC)cc1OC. The van der Waals surface area contributed by atoms with Crippen LogP contribution in [0.25, 0.3) is 0 Å². The van der Waals surface area contributed by atoms with Gasteiger partial charge in [0.2, 0.25) is 0 Å². The molecule has 102 valence electrons. The van der Waals surface area contributed by atoms with E-state index in [1.54, 1.807) is 14.2 Å². The van der Waals surface area contributed by atoms with Gasteiger partial charge in [-0.3, -0.25) is 0 Å². The van der Waals surface area contributed by atoms with E-state index in [9.17, 15) is 0 Å². The molecular formula is C14H23NO2S. The van der Waals surface area contributed by atoms with Gasteiger partial charge in [0.15, 0.2) is 0 Å². The second-order valence-electron chi connectivity index (χ2n) is 4.02. The van der Waals surface area contributed by atoms with Gasteiger partial charge in [-0.25, -0.2) is 0 Å². The third-order valence-electron chi connectivity index (χ3n) is 2.80. The van der Waals surface area contributed by atoms with Gasteiger partial charge in [-0.15, -0.1) is 0 Å². The van der Waals surface area contributed by atoms with Crippen LogP contribution in [-0.2, 0) is 0 Å². The maximum atomic E-state index is 5.45. The Hall–Kier alpha value is -0.870. The zero-order valence-corrected chi connectivity index (χ0v) is 12.5. The molecule has 0 saturated heterocycles. The van der Waals surface area contributed by atoms with Crippen LogP contribution < -0.4 is 14.8 Å². The van der Waals surface area contributed by atoms with Gasteiger partial charge in [-0.1, -0.05) is 13.0 Å². The van der Waals surface area contributed by atoms with Crippen LogP contribution in [0.1, 0.15) is 24.9 Å². The largest absolute Gasteiger partial charge is 0.497 e. The Balaban J connectivity index is 2.83. The Labute approximate surface area is 114 Å². The lowest BCUT2D eigenvalue weighted by atomic mass is 10.1. The quantitative estimate of drug-likeness (QED) is 0.735. The molecule has 0 aliphatic carbocycles. The predicted molar refractivity (Wildman–Crippen MR) is 79.0 cm³/mol. The Morgan fingerprint density at radius 2 is 2.06 bits per heavy atom. The summed E-state index contributed by atoms with van der Waals surface area (Å²) in [5.74, 6) is 3.95. The summed E-state index contributed by atoms with van der Waals surface area (Å²) in [5, 5.41) is 3.35. The van der Waals surface area contributed by atoms with Crippen LogP contribution in [-0.4, -0.2) is 32.8 Å². The molecule has 3 nitrogen and oxygen atoms in total. The van der Waals surface area contributed by atoms with Crippen LogP contribution in [0.3, 0.4) is 0 Å². The monoisotopic (exact) mass is 269 g/mol. The molecule has 4 heteroatoms. The van der Waals surface area contributed by atoms with Crippen molar-refractivity contribution in [2.75, 3.05) is 32.8 Å². The smallest absolute Gasteiger partial charge is 0.127 e. The minimum atomic E-state index is 0.308. The molecule has 0 saturated carbocycles. The Bertz CT molecular complexity index is 358. The molecule has 1 N–H and O–H groups in total. The molecule has 0 heterocycles. The first-order valence-corrected chi connectivity index (χ1v) is 7.39. The Kier molecular flexibility index (Phi) is 6.98. The maximum Gasteiger partial charge on any atom is 0.127 e. The number of hydrogen-bond donors (Lipinski definition) is 1. The molecule has 0 aliphatic heterocycles. The van der Waals surface area contributed by atoms with Gasteiger partial charge in [0.25, 0.3) is 0 Å². The van der Waals surface area contributed by atoms with Crippen LogP contribution in [0, 0.1) is 0 Å². The minimum Gasteiger partial charge on any atom is -0.497 e. The highest BCUT2D eigenvalue weighted by Crippen LogP contribution is 2.31. The molecule has 1 atom stereocenters. The summed E-state index contributed by atoms with van der Waals surface area (Å²) in [4.78, 5) is 0. The van der Waals surface area contributed by atoms with Crippen molar-refractivity contribution >= 4 is 11.8 Å². The molecule has 1 aromatic rings. The molecular weight excluding hydrogens is 246 g/mol. The van der Waals surface area contributed by atoms with Crippen molar-refractivity contribution in [3.8, 4) is 11.5 Å². The second-order valence-corrected chi connectivity index (χ2v) is 5.17. The highest BCUT2D eigenvalue weighted by Gasteiger charge is 2.15. The van der Waals surface area contributed by atoms with Gasteiger partial charge >= 0.3 is 0 Å². The molecule has 0 spiro atoms. The van der Waals surface area contributed by atoms with E-state index in [0.29, 0.717) is 6.04 Å². The number of benzene rings is 1. The zero-order chi connectivity index (χ0) is 13.4. The Morgan fingerprint density at radius 3 is 2.61 bits per heavy atom. The molecule has 0 fully saturated rings. The average molecular weight is 269 g/mol.